The van der Waals surface area contributed by atoms with Crippen molar-refractivity contribution in [1.29, 1.82) is 5.26 Å². The van der Waals surface area contributed by atoms with Crippen LogP contribution in [-0.2, 0) is 14.8 Å². The molecule has 1 heterocycles. The molecule has 170 valence electrons. The molecule has 0 radical (unpaired) electrons. The molecule has 0 aromatic heterocycles. The number of hydrogen-bond donors (Lipinski definition) is 2. The Morgan fingerprint density at radius 2 is 1.77 bits per heavy atom. The van der Waals surface area contributed by atoms with Crippen LogP contribution in [0.3, 0.4) is 0 Å². The molecule has 0 bridgehead atoms. The Kier molecular flexibility index (Phi) is 6.59. The number of rotatable bonds is 8. The third kappa shape index (κ3) is 5.72. The molecule has 7 nitrogen and oxygen atoms in total. The fraction of sp³-hybridized carbons (Fsp3) is 0.579. The zero-order chi connectivity index (χ0) is 22.9. The molecular weight excluding hydrogens is 440 g/mol. The lowest BCUT2D eigenvalue weighted by Gasteiger charge is -2.29. The third-order valence-corrected chi connectivity index (χ3v) is 7.28. The zero-order valence-corrected chi connectivity index (χ0v) is 17.3. The van der Waals surface area contributed by atoms with Crippen molar-refractivity contribution in [2.24, 2.45) is 0 Å². The van der Waals surface area contributed by atoms with E-state index in [4.69, 9.17) is 0 Å². The number of nitrogens with zero attached hydrogens (tertiary/aromatic N) is 2. The van der Waals surface area contributed by atoms with Gasteiger partial charge in [0.05, 0.1) is 11.8 Å². The summed E-state index contributed by atoms with van der Waals surface area (Å²) in [4.78, 5) is 12.8. The Labute approximate surface area is 177 Å². The second-order valence-electron chi connectivity index (χ2n) is 7.81. The van der Waals surface area contributed by atoms with Crippen molar-refractivity contribution in [2.45, 2.75) is 49.5 Å². The van der Waals surface area contributed by atoms with Crippen LogP contribution in [0.5, 0.6) is 0 Å². The first-order valence-electron chi connectivity index (χ1n) is 9.75. The molecule has 2 fully saturated rings. The number of halogens is 4. The largest absolute Gasteiger partial charge is 0.407 e. The Hall–Kier alpha value is -2.23. The van der Waals surface area contributed by atoms with Gasteiger partial charge >= 0.3 is 6.18 Å². The number of nitrogens with one attached hydrogen (secondary N) is 2. The highest BCUT2D eigenvalue weighted by atomic mass is 32.2. The highest BCUT2D eigenvalue weighted by Gasteiger charge is 2.48. The van der Waals surface area contributed by atoms with Crippen molar-refractivity contribution in [3.8, 4) is 6.07 Å². The molecule has 2 atom stereocenters. The monoisotopic (exact) mass is 462 g/mol. The molecular formula is C19H22F4N4O3S. The van der Waals surface area contributed by atoms with Gasteiger partial charge in [0.15, 0.2) is 0 Å². The first-order valence-corrected chi connectivity index (χ1v) is 11.4. The van der Waals surface area contributed by atoms with E-state index in [2.05, 4.69) is 10.6 Å². The maximum Gasteiger partial charge on any atom is 0.407 e. The normalized spacial score (nSPS) is 20.6. The fourth-order valence-electron chi connectivity index (χ4n) is 3.43. The molecule has 31 heavy (non-hydrogen) atoms. The van der Waals surface area contributed by atoms with Gasteiger partial charge in [0.25, 0.3) is 0 Å². The summed E-state index contributed by atoms with van der Waals surface area (Å²) in [6.07, 6.45) is -2.97. The number of amides is 1. The molecule has 1 amide bonds. The first kappa shape index (κ1) is 23.4. The van der Waals surface area contributed by atoms with Gasteiger partial charge in [0.1, 0.15) is 23.4 Å². The summed E-state index contributed by atoms with van der Waals surface area (Å²) in [5, 5.41) is 13.7. The van der Waals surface area contributed by atoms with E-state index in [1.165, 1.54) is 0 Å². The summed E-state index contributed by atoms with van der Waals surface area (Å²) in [6, 6.07) is 1.25. The second kappa shape index (κ2) is 8.72. The highest BCUT2D eigenvalue weighted by molar-refractivity contribution is 7.89. The third-order valence-electron chi connectivity index (χ3n) is 5.38. The Balaban J connectivity index is 1.88. The summed E-state index contributed by atoms with van der Waals surface area (Å²) in [7, 11) is -4.03. The van der Waals surface area contributed by atoms with Crippen LogP contribution in [0.15, 0.2) is 24.3 Å². The van der Waals surface area contributed by atoms with Gasteiger partial charge in [0, 0.05) is 13.1 Å². The predicted octanol–water partition coefficient (Wildman–Crippen LogP) is 1.99. The number of carbonyl (C=O) groups is 1. The van der Waals surface area contributed by atoms with Crippen molar-refractivity contribution in [2.75, 3.05) is 18.8 Å². The van der Waals surface area contributed by atoms with Gasteiger partial charge in [-0.1, -0.05) is 12.1 Å². The number of nitriles is 1. The van der Waals surface area contributed by atoms with Crippen LogP contribution in [-0.4, -0.2) is 55.2 Å². The molecule has 1 aliphatic heterocycles. The molecule has 1 aromatic rings. The molecule has 12 heteroatoms. The van der Waals surface area contributed by atoms with Crippen molar-refractivity contribution >= 4 is 15.9 Å². The Bertz CT molecular complexity index is 950. The topological polar surface area (TPSA) is 102 Å². The summed E-state index contributed by atoms with van der Waals surface area (Å²) in [5.74, 6) is -2.63. The lowest BCUT2D eigenvalue weighted by atomic mass is 10.0. The first-order chi connectivity index (χ1) is 14.5. The molecule has 1 aliphatic carbocycles. The SMILES string of the molecule is N#CC1(NC(=O)C(CS(=O)(=O)N2CCCC2)N[C@H](c2ccc(F)cc2)C(F)(F)F)CC1. The molecule has 1 unspecified atom stereocenters. The van der Waals surface area contributed by atoms with Crippen LogP contribution in [0, 0.1) is 17.1 Å². The van der Waals surface area contributed by atoms with Crippen LogP contribution in [0.4, 0.5) is 17.6 Å². The molecule has 3 rings (SSSR count). The van der Waals surface area contributed by atoms with E-state index in [1.54, 1.807) is 0 Å². The van der Waals surface area contributed by atoms with Gasteiger partial charge < -0.3 is 5.32 Å². The van der Waals surface area contributed by atoms with Crippen LogP contribution in [0.25, 0.3) is 0 Å². The van der Waals surface area contributed by atoms with E-state index < -0.39 is 51.3 Å². The van der Waals surface area contributed by atoms with Gasteiger partial charge in [-0.2, -0.15) is 18.4 Å². The minimum Gasteiger partial charge on any atom is -0.336 e. The average Bonchev–Trinajstić information content (AvgIpc) is 3.23. The van der Waals surface area contributed by atoms with Crippen LogP contribution in [0.2, 0.25) is 0 Å². The average molecular weight is 462 g/mol. The van der Waals surface area contributed by atoms with E-state index >= 15 is 0 Å². The molecule has 2 aliphatic rings. The van der Waals surface area contributed by atoms with Crippen LogP contribution < -0.4 is 10.6 Å². The summed E-state index contributed by atoms with van der Waals surface area (Å²) in [6.45, 7) is 0.471. The number of hydrogen-bond acceptors (Lipinski definition) is 5. The number of carbonyl (C=O) groups excluding carboxylic acids is 1. The minimum atomic E-state index is -4.89. The Morgan fingerprint density at radius 1 is 1.19 bits per heavy atom. The number of benzene rings is 1. The zero-order valence-electron chi connectivity index (χ0n) is 16.5. The van der Waals surface area contributed by atoms with Crippen molar-refractivity contribution in [3.05, 3.63) is 35.6 Å². The van der Waals surface area contributed by atoms with Gasteiger partial charge in [0.2, 0.25) is 15.9 Å². The van der Waals surface area contributed by atoms with E-state index in [9.17, 15) is 36.0 Å². The summed E-state index contributed by atoms with van der Waals surface area (Å²) >= 11 is 0. The quantitative estimate of drug-likeness (QED) is 0.576. The highest BCUT2D eigenvalue weighted by Crippen LogP contribution is 2.36. The van der Waals surface area contributed by atoms with Gasteiger partial charge in [-0.3, -0.25) is 10.1 Å². The molecule has 1 saturated heterocycles. The van der Waals surface area contributed by atoms with E-state index in [-0.39, 0.29) is 18.7 Å². The van der Waals surface area contributed by atoms with Crippen molar-refractivity contribution in [3.63, 3.8) is 0 Å². The fourth-order valence-corrected chi connectivity index (χ4v) is 5.12. The number of sulfonamides is 1. The van der Waals surface area contributed by atoms with Gasteiger partial charge in [-0.25, -0.2) is 17.1 Å². The summed E-state index contributed by atoms with van der Waals surface area (Å²) < 4.78 is 81.1. The maximum atomic E-state index is 13.8. The smallest absolute Gasteiger partial charge is 0.336 e. The molecule has 2 N–H and O–H groups in total. The predicted molar refractivity (Wildman–Crippen MR) is 102 cm³/mol. The van der Waals surface area contributed by atoms with Gasteiger partial charge in [-0.15, -0.1) is 0 Å². The molecule has 0 spiro atoms. The van der Waals surface area contributed by atoms with E-state index in [0.29, 0.717) is 25.7 Å². The number of alkyl halides is 3. The molecule has 1 saturated carbocycles. The van der Waals surface area contributed by atoms with E-state index in [0.717, 1.165) is 28.6 Å². The lowest BCUT2D eigenvalue weighted by molar-refractivity contribution is -0.160. The second-order valence-corrected chi connectivity index (χ2v) is 9.83. The minimum absolute atomic E-state index is 0.236. The molecule has 1 aromatic carbocycles. The van der Waals surface area contributed by atoms with Crippen LogP contribution in [0.1, 0.15) is 37.3 Å². The summed E-state index contributed by atoms with van der Waals surface area (Å²) in [5.41, 5.74) is -1.55. The van der Waals surface area contributed by atoms with Crippen LogP contribution >= 0.6 is 0 Å². The maximum absolute atomic E-state index is 13.8. The van der Waals surface area contributed by atoms with E-state index in [1.807, 2.05) is 6.07 Å². The standard InChI is InChI=1S/C19H22F4N4O3S/c20-14-5-3-13(4-6-14)16(19(21,22)23)25-15(17(28)26-18(12-24)7-8-18)11-31(29,30)27-9-1-2-10-27/h3-6,15-16,25H,1-2,7-11H2,(H,26,28)/t15?,16-/m1/s1. The van der Waals surface area contributed by atoms with Crippen molar-refractivity contribution < 1.29 is 30.8 Å². The Morgan fingerprint density at radius 3 is 2.26 bits per heavy atom. The van der Waals surface area contributed by atoms with Crippen molar-refractivity contribution in [1.82, 2.24) is 14.9 Å². The lowest BCUT2D eigenvalue weighted by Crippen LogP contribution is -2.55. The van der Waals surface area contributed by atoms with Gasteiger partial charge in [-0.05, 0) is 43.4 Å².